The Morgan fingerprint density at radius 3 is 3.00 bits per heavy atom. The van der Waals surface area contributed by atoms with Crippen molar-refractivity contribution in [2.24, 2.45) is 0 Å². The van der Waals surface area contributed by atoms with Crippen LogP contribution in [0.25, 0.3) is 10.9 Å². The predicted molar refractivity (Wildman–Crippen MR) is 80.6 cm³/mol. The van der Waals surface area contributed by atoms with Crippen molar-refractivity contribution < 1.29 is 4.74 Å². The molecule has 0 amide bonds. The summed E-state index contributed by atoms with van der Waals surface area (Å²) >= 11 is 0. The van der Waals surface area contributed by atoms with Gasteiger partial charge in [0.05, 0.1) is 11.6 Å². The lowest BCUT2D eigenvalue weighted by atomic mass is 10.2. The number of nitrogens with zero attached hydrogens (tertiary/aromatic N) is 2. The summed E-state index contributed by atoms with van der Waals surface area (Å²) in [5.41, 5.74) is 1.89. The van der Waals surface area contributed by atoms with Crippen LogP contribution in [-0.4, -0.2) is 30.9 Å². The van der Waals surface area contributed by atoms with Crippen LogP contribution in [0.3, 0.4) is 0 Å². The van der Waals surface area contributed by atoms with Crippen LogP contribution in [0.5, 0.6) is 0 Å². The molecule has 0 saturated heterocycles. The van der Waals surface area contributed by atoms with Gasteiger partial charge in [0.2, 0.25) is 0 Å². The van der Waals surface area contributed by atoms with Crippen LogP contribution in [0.15, 0.2) is 30.5 Å². The van der Waals surface area contributed by atoms with Gasteiger partial charge in [0.1, 0.15) is 0 Å². The molecule has 2 rings (SSSR count). The third-order valence-electron chi connectivity index (χ3n) is 3.28. The Kier molecular flexibility index (Phi) is 5.60. The van der Waals surface area contributed by atoms with E-state index in [1.807, 2.05) is 25.1 Å². The molecule has 106 valence electrons. The molecule has 20 heavy (non-hydrogen) atoms. The van der Waals surface area contributed by atoms with Gasteiger partial charge >= 0.3 is 0 Å². The van der Waals surface area contributed by atoms with Crippen molar-refractivity contribution in [2.45, 2.75) is 19.9 Å². The van der Waals surface area contributed by atoms with Gasteiger partial charge in [0.15, 0.2) is 0 Å². The molecule has 4 nitrogen and oxygen atoms in total. The largest absolute Gasteiger partial charge is 0.382 e. The first kappa shape index (κ1) is 14.6. The smallest absolute Gasteiger partial charge is 0.0991 e. The molecule has 1 aromatic heterocycles. The number of fused-ring (bicyclic) bond motifs is 1. The van der Waals surface area contributed by atoms with Gasteiger partial charge in [-0.2, -0.15) is 5.26 Å². The Bertz CT molecular complexity index is 583. The molecule has 0 aliphatic carbocycles. The van der Waals surface area contributed by atoms with Crippen LogP contribution in [0, 0.1) is 11.3 Å². The van der Waals surface area contributed by atoms with E-state index in [2.05, 4.69) is 28.2 Å². The van der Waals surface area contributed by atoms with Crippen molar-refractivity contribution in [3.8, 4) is 6.07 Å². The maximum atomic E-state index is 8.89. The van der Waals surface area contributed by atoms with Gasteiger partial charge in [-0.15, -0.1) is 0 Å². The molecule has 2 aromatic rings. The number of nitrogens with one attached hydrogen (secondary N) is 1. The molecule has 0 spiro atoms. The minimum atomic E-state index is 0.712. The molecule has 0 saturated carbocycles. The summed E-state index contributed by atoms with van der Waals surface area (Å²) in [5.74, 6) is 0. The molecule has 0 aliphatic heterocycles. The van der Waals surface area contributed by atoms with E-state index in [-0.39, 0.29) is 0 Å². The second kappa shape index (κ2) is 7.68. The first-order valence-electron chi connectivity index (χ1n) is 7.12. The standard InChI is InChI=1S/C16H21N3O/c1-2-20-11-3-7-18-8-10-19-9-6-15-12-14(13-17)4-5-16(15)19/h4-6,9,12,18H,2-3,7-8,10-11H2,1H3. The van der Waals surface area contributed by atoms with Crippen molar-refractivity contribution in [1.82, 2.24) is 9.88 Å². The zero-order valence-electron chi connectivity index (χ0n) is 11.9. The highest BCUT2D eigenvalue weighted by Gasteiger charge is 2.01. The van der Waals surface area contributed by atoms with E-state index < -0.39 is 0 Å². The SMILES string of the molecule is CCOCCCNCCn1ccc2cc(C#N)ccc21. The van der Waals surface area contributed by atoms with Crippen molar-refractivity contribution in [3.05, 3.63) is 36.0 Å². The second-order valence-electron chi connectivity index (χ2n) is 4.70. The predicted octanol–water partition coefficient (Wildman–Crippen LogP) is 2.53. The van der Waals surface area contributed by atoms with E-state index in [0.29, 0.717) is 5.56 Å². The third kappa shape index (κ3) is 3.83. The number of rotatable bonds is 8. The summed E-state index contributed by atoms with van der Waals surface area (Å²) in [5, 5.41) is 13.4. The van der Waals surface area contributed by atoms with Gasteiger partial charge in [0.25, 0.3) is 0 Å². The molecule has 1 heterocycles. The zero-order valence-corrected chi connectivity index (χ0v) is 11.9. The Morgan fingerprint density at radius 1 is 1.30 bits per heavy atom. The number of hydrogen-bond donors (Lipinski definition) is 1. The number of ether oxygens (including phenoxy) is 1. The maximum Gasteiger partial charge on any atom is 0.0991 e. The highest BCUT2D eigenvalue weighted by atomic mass is 16.5. The fourth-order valence-corrected chi connectivity index (χ4v) is 2.23. The van der Waals surface area contributed by atoms with Crippen LogP contribution in [0.1, 0.15) is 18.9 Å². The zero-order chi connectivity index (χ0) is 14.2. The molecule has 1 aromatic carbocycles. The summed E-state index contributed by atoms with van der Waals surface area (Å²) in [4.78, 5) is 0. The summed E-state index contributed by atoms with van der Waals surface area (Å²) in [7, 11) is 0. The molecule has 0 aliphatic rings. The fraction of sp³-hybridized carbons (Fsp3) is 0.438. The van der Waals surface area contributed by atoms with Gasteiger partial charge in [-0.25, -0.2) is 0 Å². The van der Waals surface area contributed by atoms with E-state index in [1.165, 1.54) is 5.52 Å². The third-order valence-corrected chi connectivity index (χ3v) is 3.28. The summed E-state index contributed by atoms with van der Waals surface area (Å²) in [6, 6.07) is 10.1. The van der Waals surface area contributed by atoms with Gasteiger partial charge in [-0.1, -0.05) is 0 Å². The lowest BCUT2D eigenvalue weighted by Crippen LogP contribution is -2.21. The molecular weight excluding hydrogens is 250 g/mol. The van der Waals surface area contributed by atoms with Gasteiger partial charge in [-0.05, 0) is 44.2 Å². The quantitative estimate of drug-likeness (QED) is 0.751. The average Bonchev–Trinajstić information content (AvgIpc) is 2.88. The van der Waals surface area contributed by atoms with Crippen molar-refractivity contribution >= 4 is 10.9 Å². The van der Waals surface area contributed by atoms with E-state index in [4.69, 9.17) is 10.00 Å². The summed E-state index contributed by atoms with van der Waals surface area (Å²) in [6.07, 6.45) is 3.12. The van der Waals surface area contributed by atoms with E-state index >= 15 is 0 Å². The average molecular weight is 271 g/mol. The molecule has 0 atom stereocenters. The Hall–Kier alpha value is -1.83. The first-order chi connectivity index (χ1) is 9.85. The maximum absolute atomic E-state index is 8.89. The van der Waals surface area contributed by atoms with Crippen LogP contribution < -0.4 is 5.32 Å². The van der Waals surface area contributed by atoms with Gasteiger partial charge in [0, 0.05) is 43.4 Å². The molecule has 0 bridgehead atoms. The minimum absolute atomic E-state index is 0.712. The van der Waals surface area contributed by atoms with Crippen LogP contribution in [0.2, 0.25) is 0 Å². The Balaban J connectivity index is 1.80. The molecule has 0 fully saturated rings. The summed E-state index contributed by atoms with van der Waals surface area (Å²) < 4.78 is 7.51. The van der Waals surface area contributed by atoms with Crippen molar-refractivity contribution in [1.29, 1.82) is 5.26 Å². The topological polar surface area (TPSA) is 50.0 Å². The normalized spacial score (nSPS) is 10.8. The lowest BCUT2D eigenvalue weighted by molar-refractivity contribution is 0.145. The molecule has 4 heteroatoms. The van der Waals surface area contributed by atoms with Crippen LogP contribution >= 0.6 is 0 Å². The van der Waals surface area contributed by atoms with E-state index in [0.717, 1.165) is 44.7 Å². The molecule has 0 unspecified atom stereocenters. The van der Waals surface area contributed by atoms with Crippen molar-refractivity contribution in [3.63, 3.8) is 0 Å². The lowest BCUT2D eigenvalue weighted by Gasteiger charge is -2.07. The second-order valence-corrected chi connectivity index (χ2v) is 4.70. The fourth-order valence-electron chi connectivity index (χ4n) is 2.23. The minimum Gasteiger partial charge on any atom is -0.382 e. The molecule has 0 radical (unpaired) electrons. The Morgan fingerprint density at radius 2 is 2.20 bits per heavy atom. The monoisotopic (exact) mass is 271 g/mol. The van der Waals surface area contributed by atoms with E-state index in [1.54, 1.807) is 0 Å². The number of benzene rings is 1. The van der Waals surface area contributed by atoms with E-state index in [9.17, 15) is 0 Å². The van der Waals surface area contributed by atoms with Crippen molar-refractivity contribution in [2.75, 3.05) is 26.3 Å². The summed E-state index contributed by atoms with van der Waals surface area (Å²) in [6.45, 7) is 6.49. The Labute approximate surface area is 120 Å². The van der Waals surface area contributed by atoms with Gasteiger partial charge in [-0.3, -0.25) is 0 Å². The number of hydrogen-bond acceptors (Lipinski definition) is 3. The van der Waals surface area contributed by atoms with Gasteiger partial charge < -0.3 is 14.6 Å². The highest BCUT2D eigenvalue weighted by molar-refractivity contribution is 5.81. The van der Waals surface area contributed by atoms with Crippen LogP contribution in [0.4, 0.5) is 0 Å². The number of aromatic nitrogens is 1. The highest BCUT2D eigenvalue weighted by Crippen LogP contribution is 2.17. The first-order valence-corrected chi connectivity index (χ1v) is 7.12. The molecule has 1 N–H and O–H groups in total. The molecular formula is C16H21N3O. The number of nitriles is 1. The van der Waals surface area contributed by atoms with Crippen LogP contribution in [-0.2, 0) is 11.3 Å².